The molecule has 1 heterocycles. The Morgan fingerprint density at radius 1 is 1.28 bits per heavy atom. The number of halogens is 1. The number of Topliss-reactive ketones (excluding diaryl/α,β-unsaturated/α-hetero) is 1. The number of aliphatic hydroxyl groups is 1. The van der Waals surface area contributed by atoms with Gasteiger partial charge in [0.05, 0.1) is 4.87 Å². The molecule has 2 aromatic rings. The molecule has 0 saturated carbocycles. The predicted octanol–water partition coefficient (Wildman–Crippen LogP) is 3.32. The zero-order valence-electron chi connectivity index (χ0n) is 14.8. The van der Waals surface area contributed by atoms with Crippen molar-refractivity contribution >= 4 is 28.4 Å². The topological polar surface area (TPSA) is 76.7 Å². The minimum absolute atomic E-state index is 0.00192. The highest BCUT2D eigenvalue weighted by atomic mass is 35.5. The highest BCUT2D eigenvalue weighted by molar-refractivity contribution is 6.23. The van der Waals surface area contributed by atoms with Crippen molar-refractivity contribution in [2.75, 3.05) is 6.61 Å². The van der Waals surface area contributed by atoms with Crippen LogP contribution in [0.3, 0.4) is 0 Å². The Bertz CT molecular complexity index is 817. The van der Waals surface area contributed by atoms with Crippen molar-refractivity contribution in [2.45, 2.75) is 45.1 Å². The number of alkyl halides is 1. The Balaban J connectivity index is 2.44. The Kier molecular flexibility index (Phi) is 5.91. The fourth-order valence-electron chi connectivity index (χ4n) is 2.22. The van der Waals surface area contributed by atoms with Gasteiger partial charge in [0.1, 0.15) is 29.8 Å². The largest absolute Gasteiger partial charge is 0.490 e. The second-order valence-corrected chi connectivity index (χ2v) is 7.88. The maximum Gasteiger partial charge on any atom is 0.336 e. The SMILES string of the molecule is CC(C)C(=O)Cc1c(OCC(O)C(C)(C)Cl)ccc2ccc(=O)oc12. The zero-order valence-corrected chi connectivity index (χ0v) is 15.6. The molecule has 1 aromatic carbocycles. The van der Waals surface area contributed by atoms with E-state index in [1.54, 1.807) is 32.0 Å². The van der Waals surface area contributed by atoms with Crippen LogP contribution in [0.2, 0.25) is 0 Å². The van der Waals surface area contributed by atoms with Gasteiger partial charge < -0.3 is 14.3 Å². The van der Waals surface area contributed by atoms with Crippen LogP contribution in [0.25, 0.3) is 11.0 Å². The van der Waals surface area contributed by atoms with E-state index in [1.165, 1.54) is 6.07 Å². The summed E-state index contributed by atoms with van der Waals surface area (Å²) in [5.41, 5.74) is 0.344. The molecule has 0 spiro atoms. The van der Waals surface area contributed by atoms with E-state index < -0.39 is 16.6 Å². The molecule has 0 bridgehead atoms. The number of aliphatic hydroxyl groups excluding tert-OH is 1. The summed E-state index contributed by atoms with van der Waals surface area (Å²) in [6.07, 6.45) is -0.821. The minimum atomic E-state index is -0.902. The molecule has 0 amide bonds. The average molecular weight is 367 g/mol. The Hall–Kier alpha value is -1.85. The summed E-state index contributed by atoms with van der Waals surface area (Å²) < 4.78 is 11.0. The molecule has 1 atom stereocenters. The summed E-state index contributed by atoms with van der Waals surface area (Å²) in [4.78, 5) is 23.0. The standard InChI is InChI=1S/C19H23ClO5/c1-11(2)14(21)9-13-15(24-10-16(22)19(3,4)20)7-5-12-6-8-17(23)25-18(12)13/h5-8,11,16,22H,9-10H2,1-4H3. The molecule has 1 aromatic heterocycles. The lowest BCUT2D eigenvalue weighted by Gasteiger charge is -2.24. The molecule has 0 aliphatic heterocycles. The molecule has 0 aliphatic rings. The fourth-order valence-corrected chi connectivity index (χ4v) is 2.28. The van der Waals surface area contributed by atoms with Gasteiger partial charge in [0.15, 0.2) is 0 Å². The molecule has 0 aliphatic carbocycles. The molecule has 1 unspecified atom stereocenters. The van der Waals surface area contributed by atoms with E-state index in [-0.39, 0.29) is 24.7 Å². The molecule has 1 N–H and O–H groups in total. The van der Waals surface area contributed by atoms with Crippen molar-refractivity contribution < 1.29 is 19.1 Å². The van der Waals surface area contributed by atoms with Gasteiger partial charge >= 0.3 is 5.63 Å². The summed E-state index contributed by atoms with van der Waals surface area (Å²) in [6, 6.07) is 6.43. The van der Waals surface area contributed by atoms with Crippen molar-refractivity contribution in [1.82, 2.24) is 0 Å². The lowest BCUT2D eigenvalue weighted by atomic mass is 9.98. The van der Waals surface area contributed by atoms with Crippen LogP contribution in [0, 0.1) is 5.92 Å². The fraction of sp³-hybridized carbons (Fsp3) is 0.474. The average Bonchev–Trinajstić information content (AvgIpc) is 2.52. The van der Waals surface area contributed by atoms with Gasteiger partial charge in [-0.05, 0) is 32.0 Å². The molecule has 0 fully saturated rings. The number of carbonyl (C=O) groups is 1. The zero-order chi connectivity index (χ0) is 18.8. The number of ketones is 1. The molecular formula is C19H23ClO5. The third kappa shape index (κ3) is 4.83. The molecule has 0 radical (unpaired) electrons. The monoisotopic (exact) mass is 366 g/mol. The number of rotatable bonds is 7. The first kappa shape index (κ1) is 19.5. The highest BCUT2D eigenvalue weighted by Gasteiger charge is 2.26. The molecule has 136 valence electrons. The van der Waals surface area contributed by atoms with Crippen LogP contribution < -0.4 is 10.4 Å². The van der Waals surface area contributed by atoms with Gasteiger partial charge in [-0.2, -0.15) is 0 Å². The predicted molar refractivity (Wildman–Crippen MR) is 97.5 cm³/mol. The van der Waals surface area contributed by atoms with Gasteiger partial charge in [0.25, 0.3) is 0 Å². The third-order valence-corrected chi connectivity index (χ3v) is 4.29. The van der Waals surface area contributed by atoms with E-state index in [9.17, 15) is 14.7 Å². The van der Waals surface area contributed by atoms with Crippen molar-refractivity contribution in [2.24, 2.45) is 5.92 Å². The lowest BCUT2D eigenvalue weighted by molar-refractivity contribution is -0.121. The molecular weight excluding hydrogens is 344 g/mol. The number of ether oxygens (including phenoxy) is 1. The normalized spacial score (nSPS) is 13.2. The van der Waals surface area contributed by atoms with Crippen LogP contribution in [-0.4, -0.2) is 28.5 Å². The molecule has 2 rings (SSSR count). The third-order valence-electron chi connectivity index (χ3n) is 4.03. The maximum absolute atomic E-state index is 12.2. The Morgan fingerprint density at radius 3 is 2.52 bits per heavy atom. The van der Waals surface area contributed by atoms with Gasteiger partial charge in [-0.3, -0.25) is 4.79 Å². The van der Waals surface area contributed by atoms with Crippen molar-refractivity contribution in [3.05, 3.63) is 40.2 Å². The van der Waals surface area contributed by atoms with E-state index >= 15 is 0 Å². The lowest BCUT2D eigenvalue weighted by Crippen LogP contribution is -2.35. The second-order valence-electron chi connectivity index (χ2n) is 6.90. The Morgan fingerprint density at radius 2 is 1.92 bits per heavy atom. The van der Waals surface area contributed by atoms with Gasteiger partial charge in [-0.25, -0.2) is 4.79 Å². The number of carbonyl (C=O) groups excluding carboxylic acids is 1. The number of hydrogen-bond acceptors (Lipinski definition) is 5. The Labute approximate surface area is 151 Å². The second kappa shape index (κ2) is 7.58. The summed E-state index contributed by atoms with van der Waals surface area (Å²) in [5.74, 6) is 0.240. The van der Waals surface area contributed by atoms with Gasteiger partial charge in [-0.1, -0.05) is 13.8 Å². The van der Waals surface area contributed by atoms with Gasteiger partial charge in [-0.15, -0.1) is 11.6 Å². The van der Waals surface area contributed by atoms with Crippen LogP contribution in [0.5, 0.6) is 5.75 Å². The summed E-state index contributed by atoms with van der Waals surface area (Å²) >= 11 is 6.09. The minimum Gasteiger partial charge on any atom is -0.490 e. The summed E-state index contributed by atoms with van der Waals surface area (Å²) in [6.45, 7) is 6.95. The van der Waals surface area contributed by atoms with Crippen LogP contribution in [0.4, 0.5) is 0 Å². The highest BCUT2D eigenvalue weighted by Crippen LogP contribution is 2.29. The summed E-state index contributed by atoms with van der Waals surface area (Å²) in [5, 5.41) is 10.8. The molecule has 25 heavy (non-hydrogen) atoms. The van der Waals surface area contributed by atoms with Crippen molar-refractivity contribution in [3.63, 3.8) is 0 Å². The first-order valence-corrected chi connectivity index (χ1v) is 8.55. The van der Waals surface area contributed by atoms with Crippen LogP contribution in [0.15, 0.2) is 33.5 Å². The van der Waals surface area contributed by atoms with Crippen LogP contribution in [0.1, 0.15) is 33.3 Å². The number of fused-ring (bicyclic) bond motifs is 1. The van der Waals surface area contributed by atoms with Crippen LogP contribution in [-0.2, 0) is 11.2 Å². The van der Waals surface area contributed by atoms with Gasteiger partial charge in [0.2, 0.25) is 0 Å². The number of hydrogen-bond donors (Lipinski definition) is 1. The number of benzene rings is 1. The van der Waals surface area contributed by atoms with E-state index in [4.69, 9.17) is 20.8 Å². The quantitative estimate of drug-likeness (QED) is 0.601. The van der Waals surface area contributed by atoms with Crippen molar-refractivity contribution in [1.29, 1.82) is 0 Å². The summed E-state index contributed by atoms with van der Waals surface area (Å²) in [7, 11) is 0. The van der Waals surface area contributed by atoms with Gasteiger partial charge in [0, 0.05) is 29.4 Å². The van der Waals surface area contributed by atoms with Crippen molar-refractivity contribution in [3.8, 4) is 5.75 Å². The van der Waals surface area contributed by atoms with E-state index in [2.05, 4.69) is 0 Å². The van der Waals surface area contributed by atoms with Crippen LogP contribution >= 0.6 is 11.6 Å². The first-order valence-electron chi connectivity index (χ1n) is 8.18. The first-order chi connectivity index (χ1) is 11.6. The van der Waals surface area contributed by atoms with E-state index in [0.29, 0.717) is 22.3 Å². The smallest absolute Gasteiger partial charge is 0.336 e. The maximum atomic E-state index is 12.2. The molecule has 0 saturated heterocycles. The molecule has 6 heteroatoms. The van der Waals surface area contributed by atoms with E-state index in [0.717, 1.165) is 0 Å². The molecule has 5 nitrogen and oxygen atoms in total. The van der Waals surface area contributed by atoms with E-state index in [1.807, 2.05) is 13.8 Å².